The Hall–Kier alpha value is -2.01. The summed E-state index contributed by atoms with van der Waals surface area (Å²) in [6, 6.07) is 5.61. The summed E-state index contributed by atoms with van der Waals surface area (Å²) >= 11 is 0. The molecule has 5 heteroatoms. The topological polar surface area (TPSA) is 54.7 Å². The molecule has 5 nitrogen and oxygen atoms in total. The molecule has 0 aliphatic carbocycles. The first-order valence-corrected chi connectivity index (χ1v) is 8.21. The lowest BCUT2D eigenvalue weighted by molar-refractivity contribution is 0.0947. The highest BCUT2D eigenvalue weighted by molar-refractivity contribution is 6.07. The minimum Gasteiger partial charge on any atom is -0.494 e. The molecule has 2 aromatic rings. The molecule has 1 N–H and O–H groups in total. The third-order valence-electron chi connectivity index (χ3n) is 4.41. The molecule has 1 saturated heterocycles. The van der Waals surface area contributed by atoms with Gasteiger partial charge >= 0.3 is 0 Å². The van der Waals surface area contributed by atoms with Gasteiger partial charge in [0.15, 0.2) is 0 Å². The van der Waals surface area contributed by atoms with Crippen LogP contribution in [-0.2, 0) is 0 Å². The van der Waals surface area contributed by atoms with E-state index < -0.39 is 0 Å². The van der Waals surface area contributed by atoms with Crippen molar-refractivity contribution in [3.05, 3.63) is 29.5 Å². The second-order valence-corrected chi connectivity index (χ2v) is 6.25. The van der Waals surface area contributed by atoms with Gasteiger partial charge in [0, 0.05) is 18.5 Å². The van der Waals surface area contributed by atoms with Crippen molar-refractivity contribution in [2.24, 2.45) is 5.92 Å². The Morgan fingerprint density at radius 1 is 1.48 bits per heavy atom. The number of amides is 1. The van der Waals surface area contributed by atoms with Crippen LogP contribution in [0.2, 0.25) is 0 Å². The van der Waals surface area contributed by atoms with Crippen molar-refractivity contribution in [3.63, 3.8) is 0 Å². The highest BCUT2D eigenvalue weighted by Gasteiger charge is 2.22. The Balaban J connectivity index is 1.78. The number of fused-ring (bicyclic) bond motifs is 1. The average Bonchev–Trinajstić information content (AvgIpc) is 3.07. The molecule has 23 heavy (non-hydrogen) atoms. The first-order valence-electron chi connectivity index (χ1n) is 8.21. The molecule has 0 saturated carbocycles. The van der Waals surface area contributed by atoms with Gasteiger partial charge in [0.25, 0.3) is 5.91 Å². The van der Waals surface area contributed by atoms with E-state index in [9.17, 15) is 4.79 Å². The summed E-state index contributed by atoms with van der Waals surface area (Å²) in [5.74, 6) is 1.87. The molecule has 0 radical (unpaired) electrons. The molecule has 2 heterocycles. The van der Waals surface area contributed by atoms with Gasteiger partial charge in [-0.25, -0.2) is 0 Å². The van der Waals surface area contributed by atoms with Gasteiger partial charge in [0.1, 0.15) is 17.1 Å². The van der Waals surface area contributed by atoms with Crippen molar-refractivity contribution >= 4 is 16.9 Å². The molecule has 1 aromatic heterocycles. The minimum atomic E-state index is -0.0653. The lowest BCUT2D eigenvalue weighted by Gasteiger charge is -2.11. The van der Waals surface area contributed by atoms with E-state index in [4.69, 9.17) is 9.15 Å². The van der Waals surface area contributed by atoms with Crippen LogP contribution in [0.4, 0.5) is 0 Å². The normalized spacial score (nSPS) is 18.5. The number of carbonyl (C=O) groups excluding carboxylic acids is 1. The summed E-state index contributed by atoms with van der Waals surface area (Å²) in [7, 11) is 2.12. The second kappa shape index (κ2) is 6.62. The Labute approximate surface area is 136 Å². The fraction of sp³-hybridized carbons (Fsp3) is 0.500. The highest BCUT2D eigenvalue weighted by atomic mass is 16.5. The number of benzene rings is 1. The standard InChI is InChI=1S/C18H24N2O3/c1-4-22-14-5-6-16-15(9-14)17(12(2)23-16)18(21)19-10-13-7-8-20(3)11-13/h5-6,9,13H,4,7-8,10-11H2,1-3H3,(H,19,21)/t13-/m1/s1. The summed E-state index contributed by atoms with van der Waals surface area (Å²) < 4.78 is 11.2. The van der Waals surface area contributed by atoms with Gasteiger partial charge in [0.05, 0.1) is 12.2 Å². The molecule has 0 spiro atoms. The Morgan fingerprint density at radius 2 is 2.30 bits per heavy atom. The maximum Gasteiger partial charge on any atom is 0.255 e. The van der Waals surface area contributed by atoms with Crippen molar-refractivity contribution in [1.29, 1.82) is 0 Å². The monoisotopic (exact) mass is 316 g/mol. The summed E-state index contributed by atoms with van der Waals surface area (Å²) in [5, 5.41) is 3.88. The first-order chi connectivity index (χ1) is 11.1. The van der Waals surface area contributed by atoms with E-state index in [0.29, 0.717) is 30.4 Å². The van der Waals surface area contributed by atoms with Gasteiger partial charge in [-0.2, -0.15) is 0 Å². The van der Waals surface area contributed by atoms with Crippen molar-refractivity contribution in [2.75, 3.05) is 33.3 Å². The number of furan rings is 1. The van der Waals surface area contributed by atoms with Crippen LogP contribution >= 0.6 is 0 Å². The van der Waals surface area contributed by atoms with E-state index in [1.165, 1.54) is 0 Å². The van der Waals surface area contributed by atoms with Gasteiger partial charge in [-0.05, 0) is 58.0 Å². The first kappa shape index (κ1) is 15.9. The maximum atomic E-state index is 12.6. The van der Waals surface area contributed by atoms with E-state index in [1.54, 1.807) is 0 Å². The summed E-state index contributed by atoms with van der Waals surface area (Å²) in [6.07, 6.45) is 1.14. The van der Waals surface area contributed by atoms with E-state index in [-0.39, 0.29) is 5.91 Å². The van der Waals surface area contributed by atoms with Crippen LogP contribution in [0.1, 0.15) is 29.5 Å². The molecular weight excluding hydrogens is 292 g/mol. The van der Waals surface area contributed by atoms with Crippen LogP contribution in [0.5, 0.6) is 5.75 Å². The van der Waals surface area contributed by atoms with Crippen LogP contribution in [-0.4, -0.2) is 44.1 Å². The quantitative estimate of drug-likeness (QED) is 0.921. The highest BCUT2D eigenvalue weighted by Crippen LogP contribution is 2.29. The third-order valence-corrected chi connectivity index (χ3v) is 4.41. The number of likely N-dealkylation sites (tertiary alicyclic amines) is 1. The van der Waals surface area contributed by atoms with E-state index in [2.05, 4.69) is 17.3 Å². The number of ether oxygens (including phenoxy) is 1. The third kappa shape index (κ3) is 3.34. The van der Waals surface area contributed by atoms with Gasteiger partial charge in [-0.3, -0.25) is 4.79 Å². The molecule has 124 valence electrons. The molecule has 0 bridgehead atoms. The van der Waals surface area contributed by atoms with Gasteiger partial charge in [0.2, 0.25) is 0 Å². The SMILES string of the molecule is CCOc1ccc2oc(C)c(C(=O)NC[C@H]3CCN(C)C3)c2c1. The van der Waals surface area contributed by atoms with Crippen molar-refractivity contribution in [3.8, 4) is 5.75 Å². The zero-order valence-electron chi connectivity index (χ0n) is 14.0. The molecule has 1 amide bonds. The van der Waals surface area contributed by atoms with Crippen LogP contribution in [0, 0.1) is 12.8 Å². The number of nitrogens with one attached hydrogen (secondary N) is 1. The predicted octanol–water partition coefficient (Wildman–Crippen LogP) is 2.82. The Kier molecular flexibility index (Phi) is 4.57. The minimum absolute atomic E-state index is 0.0653. The smallest absolute Gasteiger partial charge is 0.255 e. The zero-order chi connectivity index (χ0) is 16.4. The molecule has 1 aliphatic heterocycles. The number of hydrogen-bond acceptors (Lipinski definition) is 4. The lowest BCUT2D eigenvalue weighted by atomic mass is 10.1. The van der Waals surface area contributed by atoms with Crippen LogP contribution < -0.4 is 10.1 Å². The number of aryl methyl sites for hydroxylation is 1. The fourth-order valence-corrected chi connectivity index (χ4v) is 3.26. The zero-order valence-corrected chi connectivity index (χ0v) is 14.0. The van der Waals surface area contributed by atoms with Gasteiger partial charge in [-0.1, -0.05) is 0 Å². The van der Waals surface area contributed by atoms with Gasteiger partial charge in [-0.15, -0.1) is 0 Å². The van der Waals surface area contributed by atoms with E-state index in [0.717, 1.165) is 36.2 Å². The molecule has 1 atom stereocenters. The maximum absolute atomic E-state index is 12.6. The fourth-order valence-electron chi connectivity index (χ4n) is 3.26. The lowest BCUT2D eigenvalue weighted by Crippen LogP contribution is -2.30. The number of carbonyl (C=O) groups is 1. The summed E-state index contributed by atoms with van der Waals surface area (Å²) in [4.78, 5) is 14.9. The average molecular weight is 316 g/mol. The summed E-state index contributed by atoms with van der Waals surface area (Å²) in [5.41, 5.74) is 1.34. The van der Waals surface area contributed by atoms with Crippen LogP contribution in [0.15, 0.2) is 22.6 Å². The van der Waals surface area contributed by atoms with Crippen molar-refractivity contribution in [1.82, 2.24) is 10.2 Å². The molecule has 3 rings (SSSR count). The predicted molar refractivity (Wildman–Crippen MR) is 90.1 cm³/mol. The number of hydrogen-bond donors (Lipinski definition) is 1. The Bertz CT molecular complexity index is 708. The second-order valence-electron chi connectivity index (χ2n) is 6.25. The molecular formula is C18H24N2O3. The van der Waals surface area contributed by atoms with E-state index in [1.807, 2.05) is 32.0 Å². The Morgan fingerprint density at radius 3 is 3.00 bits per heavy atom. The van der Waals surface area contributed by atoms with Crippen molar-refractivity contribution in [2.45, 2.75) is 20.3 Å². The van der Waals surface area contributed by atoms with E-state index >= 15 is 0 Å². The van der Waals surface area contributed by atoms with Crippen LogP contribution in [0.3, 0.4) is 0 Å². The molecule has 0 unspecified atom stereocenters. The molecule has 1 fully saturated rings. The molecule has 1 aliphatic rings. The van der Waals surface area contributed by atoms with Crippen LogP contribution in [0.25, 0.3) is 11.0 Å². The number of nitrogens with zero attached hydrogens (tertiary/aromatic N) is 1. The van der Waals surface area contributed by atoms with Crippen molar-refractivity contribution < 1.29 is 13.9 Å². The number of rotatable bonds is 5. The van der Waals surface area contributed by atoms with Gasteiger partial charge < -0.3 is 19.4 Å². The largest absolute Gasteiger partial charge is 0.494 e. The molecule has 1 aromatic carbocycles. The summed E-state index contributed by atoms with van der Waals surface area (Å²) in [6.45, 7) is 7.22.